The predicted octanol–water partition coefficient (Wildman–Crippen LogP) is 3.20. The molecule has 1 aliphatic rings. The lowest BCUT2D eigenvalue weighted by atomic mass is 10.1. The van der Waals surface area contributed by atoms with Crippen LogP contribution in [-0.4, -0.2) is 55.0 Å². The first-order valence-electron chi connectivity index (χ1n) is 10.5. The van der Waals surface area contributed by atoms with Gasteiger partial charge in [-0.15, -0.1) is 0 Å². The molecule has 0 amide bonds. The molecule has 164 valence electrons. The van der Waals surface area contributed by atoms with Gasteiger partial charge in [-0.1, -0.05) is 13.3 Å². The third-order valence-corrected chi connectivity index (χ3v) is 5.73. The number of ether oxygens (including phenoxy) is 3. The molecule has 2 aromatic rings. The summed E-state index contributed by atoms with van der Waals surface area (Å²) in [6, 6.07) is 5.55. The van der Waals surface area contributed by atoms with Gasteiger partial charge < -0.3 is 29.4 Å². The summed E-state index contributed by atoms with van der Waals surface area (Å²) in [7, 11) is 3.17. The Morgan fingerprint density at radius 3 is 2.73 bits per heavy atom. The molecular formula is C22H31N3O4S. The van der Waals surface area contributed by atoms with Gasteiger partial charge in [-0.25, -0.2) is 0 Å². The summed E-state index contributed by atoms with van der Waals surface area (Å²) in [6.07, 6.45) is 4.36. The molecule has 0 spiro atoms. The standard InChI is InChI=1S/C22H31N3O4S/c1-4-5-8-23-22(30)25(14-17-7-6-9-29-17)13-16-10-15-11-19(27-2)20(28-3)12-18(15)24-21(16)26/h10-12,17H,4-9,13-14H2,1-3H3,(H,23,30)(H,24,26)/t17-/m0/s1. The highest BCUT2D eigenvalue weighted by atomic mass is 32.1. The van der Waals surface area contributed by atoms with E-state index in [1.807, 2.05) is 17.0 Å². The molecule has 1 atom stereocenters. The van der Waals surface area contributed by atoms with E-state index < -0.39 is 0 Å². The minimum Gasteiger partial charge on any atom is -0.493 e. The Kier molecular flexibility index (Phi) is 7.93. The number of rotatable bonds is 9. The largest absolute Gasteiger partial charge is 0.493 e. The molecule has 0 aliphatic carbocycles. The average molecular weight is 434 g/mol. The van der Waals surface area contributed by atoms with E-state index in [1.54, 1.807) is 20.3 Å². The highest BCUT2D eigenvalue weighted by molar-refractivity contribution is 7.80. The number of nitrogens with zero attached hydrogens (tertiary/aromatic N) is 1. The second kappa shape index (κ2) is 10.6. The van der Waals surface area contributed by atoms with E-state index in [9.17, 15) is 4.79 Å². The van der Waals surface area contributed by atoms with Crippen LogP contribution in [0.1, 0.15) is 38.2 Å². The highest BCUT2D eigenvalue weighted by Gasteiger charge is 2.22. The quantitative estimate of drug-likeness (QED) is 0.465. The van der Waals surface area contributed by atoms with E-state index in [0.29, 0.717) is 40.8 Å². The van der Waals surface area contributed by atoms with E-state index in [-0.39, 0.29) is 11.7 Å². The van der Waals surface area contributed by atoms with Crippen molar-refractivity contribution < 1.29 is 14.2 Å². The maximum Gasteiger partial charge on any atom is 0.253 e. The van der Waals surface area contributed by atoms with Crippen molar-refractivity contribution in [3.8, 4) is 11.5 Å². The Morgan fingerprint density at radius 1 is 1.30 bits per heavy atom. The van der Waals surface area contributed by atoms with Crippen molar-refractivity contribution in [2.45, 2.75) is 45.3 Å². The highest BCUT2D eigenvalue weighted by Crippen LogP contribution is 2.31. The third kappa shape index (κ3) is 5.43. The van der Waals surface area contributed by atoms with Crippen LogP contribution in [0.4, 0.5) is 0 Å². The summed E-state index contributed by atoms with van der Waals surface area (Å²) >= 11 is 5.64. The smallest absolute Gasteiger partial charge is 0.253 e. The maximum absolute atomic E-state index is 12.8. The number of thiocarbonyl (C=S) groups is 1. The van der Waals surface area contributed by atoms with Crippen LogP contribution in [0.25, 0.3) is 10.9 Å². The maximum atomic E-state index is 12.8. The molecule has 3 rings (SSSR count). The molecule has 0 unspecified atom stereocenters. The van der Waals surface area contributed by atoms with E-state index >= 15 is 0 Å². The molecule has 1 aliphatic heterocycles. The van der Waals surface area contributed by atoms with E-state index in [1.165, 1.54) is 0 Å². The monoisotopic (exact) mass is 433 g/mol. The summed E-state index contributed by atoms with van der Waals surface area (Å²) in [5.41, 5.74) is 1.21. The molecule has 8 heteroatoms. The van der Waals surface area contributed by atoms with Crippen molar-refractivity contribution >= 4 is 28.2 Å². The number of benzene rings is 1. The molecule has 2 N–H and O–H groups in total. The molecule has 2 heterocycles. The summed E-state index contributed by atoms with van der Waals surface area (Å²) in [5, 5.41) is 4.86. The number of H-pyrrole nitrogens is 1. The Hall–Kier alpha value is -2.32. The Morgan fingerprint density at radius 2 is 2.07 bits per heavy atom. The second-order valence-electron chi connectivity index (χ2n) is 7.52. The number of methoxy groups -OCH3 is 2. The summed E-state index contributed by atoms with van der Waals surface area (Å²) in [6.45, 7) is 4.83. The number of hydrogen-bond donors (Lipinski definition) is 2. The average Bonchev–Trinajstić information content (AvgIpc) is 3.26. The fourth-order valence-corrected chi connectivity index (χ4v) is 3.88. The van der Waals surface area contributed by atoms with Gasteiger partial charge in [0, 0.05) is 36.7 Å². The molecule has 1 aromatic carbocycles. The van der Waals surface area contributed by atoms with Gasteiger partial charge in [0.05, 0.1) is 32.4 Å². The zero-order valence-electron chi connectivity index (χ0n) is 18.0. The number of hydrogen-bond acceptors (Lipinski definition) is 5. The van der Waals surface area contributed by atoms with Crippen molar-refractivity contribution in [1.82, 2.24) is 15.2 Å². The zero-order chi connectivity index (χ0) is 21.5. The molecule has 7 nitrogen and oxygen atoms in total. The van der Waals surface area contributed by atoms with Gasteiger partial charge in [-0.3, -0.25) is 4.79 Å². The van der Waals surface area contributed by atoms with Crippen LogP contribution in [0.5, 0.6) is 11.5 Å². The number of aromatic nitrogens is 1. The minimum absolute atomic E-state index is 0.136. The SMILES string of the molecule is CCCCNC(=S)N(Cc1cc2cc(OC)c(OC)cc2[nH]c1=O)C[C@@H]1CCCO1. The van der Waals surface area contributed by atoms with E-state index in [2.05, 4.69) is 17.2 Å². The van der Waals surface area contributed by atoms with Crippen LogP contribution in [0.3, 0.4) is 0 Å². The van der Waals surface area contributed by atoms with Crippen LogP contribution in [0.2, 0.25) is 0 Å². The van der Waals surface area contributed by atoms with Crippen LogP contribution >= 0.6 is 12.2 Å². The molecule has 30 heavy (non-hydrogen) atoms. The lowest BCUT2D eigenvalue weighted by molar-refractivity contribution is 0.0897. The number of aromatic amines is 1. The van der Waals surface area contributed by atoms with Crippen LogP contribution < -0.4 is 20.3 Å². The summed E-state index contributed by atoms with van der Waals surface area (Å²) < 4.78 is 16.5. The van der Waals surface area contributed by atoms with Gasteiger partial charge in [0.15, 0.2) is 16.6 Å². The van der Waals surface area contributed by atoms with E-state index in [4.69, 9.17) is 26.4 Å². The van der Waals surface area contributed by atoms with Crippen molar-refractivity contribution in [3.05, 3.63) is 34.1 Å². The van der Waals surface area contributed by atoms with Gasteiger partial charge in [-0.2, -0.15) is 0 Å². The predicted molar refractivity (Wildman–Crippen MR) is 123 cm³/mol. The number of fused-ring (bicyclic) bond motifs is 1. The van der Waals surface area contributed by atoms with Crippen LogP contribution in [-0.2, 0) is 11.3 Å². The lowest BCUT2D eigenvalue weighted by Gasteiger charge is -2.28. The second-order valence-corrected chi connectivity index (χ2v) is 7.91. The molecule has 0 saturated carbocycles. The molecular weight excluding hydrogens is 402 g/mol. The van der Waals surface area contributed by atoms with Gasteiger partial charge >= 0.3 is 0 Å². The van der Waals surface area contributed by atoms with E-state index in [0.717, 1.165) is 44.2 Å². The first kappa shape index (κ1) is 22.4. The normalized spacial score (nSPS) is 15.9. The van der Waals surface area contributed by atoms with Crippen molar-refractivity contribution in [2.24, 2.45) is 0 Å². The zero-order valence-corrected chi connectivity index (χ0v) is 18.8. The fourth-order valence-electron chi connectivity index (χ4n) is 3.64. The number of nitrogens with one attached hydrogen (secondary N) is 2. The van der Waals surface area contributed by atoms with Crippen molar-refractivity contribution in [1.29, 1.82) is 0 Å². The van der Waals surface area contributed by atoms with Crippen molar-refractivity contribution in [2.75, 3.05) is 33.9 Å². The third-order valence-electron chi connectivity index (χ3n) is 5.33. The molecule has 0 bridgehead atoms. The number of unbranched alkanes of at least 4 members (excludes halogenated alkanes) is 1. The summed E-state index contributed by atoms with van der Waals surface area (Å²) in [5.74, 6) is 1.20. The van der Waals surface area contributed by atoms with Crippen LogP contribution in [0.15, 0.2) is 23.0 Å². The minimum atomic E-state index is -0.136. The lowest BCUT2D eigenvalue weighted by Crippen LogP contribution is -2.44. The van der Waals surface area contributed by atoms with Gasteiger partial charge in [0.25, 0.3) is 5.56 Å². The molecule has 0 radical (unpaired) electrons. The first-order valence-corrected chi connectivity index (χ1v) is 10.9. The topological polar surface area (TPSA) is 75.8 Å². The van der Waals surface area contributed by atoms with Gasteiger partial charge in [0.1, 0.15) is 0 Å². The number of pyridine rings is 1. The van der Waals surface area contributed by atoms with Gasteiger partial charge in [0.2, 0.25) is 0 Å². The molecule has 1 aromatic heterocycles. The molecule has 1 saturated heterocycles. The molecule has 1 fully saturated rings. The summed E-state index contributed by atoms with van der Waals surface area (Å²) in [4.78, 5) is 17.8. The van der Waals surface area contributed by atoms with Crippen molar-refractivity contribution in [3.63, 3.8) is 0 Å². The Bertz CT molecular complexity index is 924. The Balaban J connectivity index is 1.86. The van der Waals surface area contributed by atoms with Crippen LogP contribution in [0, 0.1) is 0 Å². The fraction of sp³-hybridized carbons (Fsp3) is 0.545. The van der Waals surface area contributed by atoms with Gasteiger partial charge in [-0.05, 0) is 43.6 Å². The first-order chi connectivity index (χ1) is 14.5. The Labute approximate surface area is 182 Å².